The van der Waals surface area contributed by atoms with Crippen LogP contribution in [0.25, 0.3) is 10.2 Å². The van der Waals surface area contributed by atoms with Crippen molar-refractivity contribution in [3.63, 3.8) is 0 Å². The summed E-state index contributed by atoms with van der Waals surface area (Å²) >= 11 is 3.34. The zero-order valence-electron chi connectivity index (χ0n) is 12.2. The Hall–Kier alpha value is -1.85. The van der Waals surface area contributed by atoms with Gasteiger partial charge in [0.25, 0.3) is 0 Å². The molecule has 0 aliphatic heterocycles. The molecular formula is C17H16N2OS2. The second-order valence-electron chi connectivity index (χ2n) is 4.85. The number of carbonyl (C=O) groups is 1. The van der Waals surface area contributed by atoms with Gasteiger partial charge in [-0.15, -0.1) is 23.1 Å². The second-order valence-corrected chi connectivity index (χ2v) is 6.85. The minimum Gasteiger partial charge on any atom is -0.326 e. The van der Waals surface area contributed by atoms with E-state index in [2.05, 4.69) is 16.4 Å². The van der Waals surface area contributed by atoms with Crippen molar-refractivity contribution in [3.05, 3.63) is 53.5 Å². The van der Waals surface area contributed by atoms with Gasteiger partial charge in [-0.2, -0.15) is 0 Å². The first-order valence-electron chi connectivity index (χ1n) is 7.03. The van der Waals surface area contributed by atoms with E-state index < -0.39 is 0 Å². The second kappa shape index (κ2) is 6.94. The minimum absolute atomic E-state index is 0.0242. The molecule has 1 amide bonds. The van der Waals surface area contributed by atoms with Crippen molar-refractivity contribution >= 4 is 44.9 Å². The van der Waals surface area contributed by atoms with Crippen LogP contribution >= 0.6 is 23.1 Å². The third-order valence-corrected chi connectivity index (χ3v) is 5.12. The molecule has 0 fully saturated rings. The smallest absolute Gasteiger partial charge is 0.224 e. The molecule has 3 aromatic rings. The Balaban J connectivity index is 1.57. The van der Waals surface area contributed by atoms with Crippen LogP contribution in [0.15, 0.2) is 53.4 Å². The Morgan fingerprint density at radius 2 is 1.95 bits per heavy atom. The highest BCUT2D eigenvalue weighted by molar-refractivity contribution is 7.98. The first-order chi connectivity index (χ1) is 10.7. The molecule has 2 aromatic carbocycles. The number of nitrogens with one attached hydrogen (secondary N) is 1. The maximum atomic E-state index is 12.0. The largest absolute Gasteiger partial charge is 0.326 e. The normalized spacial score (nSPS) is 10.8. The van der Waals surface area contributed by atoms with Crippen molar-refractivity contribution in [2.45, 2.75) is 17.7 Å². The number of para-hydroxylation sites is 1. The maximum Gasteiger partial charge on any atom is 0.224 e. The van der Waals surface area contributed by atoms with Crippen LogP contribution in [0.5, 0.6) is 0 Å². The summed E-state index contributed by atoms with van der Waals surface area (Å²) in [6.45, 7) is 0. The number of benzene rings is 2. The summed E-state index contributed by atoms with van der Waals surface area (Å²) in [6, 6.07) is 15.9. The number of amides is 1. The lowest BCUT2D eigenvalue weighted by Crippen LogP contribution is -2.12. The van der Waals surface area contributed by atoms with Crippen LogP contribution in [0.1, 0.15) is 11.4 Å². The number of fused-ring (bicyclic) bond motifs is 1. The van der Waals surface area contributed by atoms with Gasteiger partial charge in [0.2, 0.25) is 5.91 Å². The molecule has 0 spiro atoms. The molecule has 3 rings (SSSR count). The monoisotopic (exact) mass is 328 g/mol. The molecule has 0 atom stereocenters. The summed E-state index contributed by atoms with van der Waals surface area (Å²) in [5, 5.41) is 3.93. The number of nitrogens with zero attached hydrogens (tertiary/aromatic N) is 1. The van der Waals surface area contributed by atoms with Gasteiger partial charge in [-0.3, -0.25) is 4.79 Å². The molecule has 0 radical (unpaired) electrons. The number of thioether (sulfide) groups is 1. The highest BCUT2D eigenvalue weighted by Crippen LogP contribution is 2.22. The third-order valence-electron chi connectivity index (χ3n) is 3.28. The van der Waals surface area contributed by atoms with Gasteiger partial charge < -0.3 is 5.32 Å². The van der Waals surface area contributed by atoms with Gasteiger partial charge in [0.15, 0.2) is 0 Å². The molecular weight excluding hydrogens is 312 g/mol. The van der Waals surface area contributed by atoms with Gasteiger partial charge in [0, 0.05) is 23.4 Å². The number of rotatable bonds is 5. The number of thiazole rings is 1. The Labute approximate surface area is 137 Å². The highest BCUT2D eigenvalue weighted by atomic mass is 32.2. The van der Waals surface area contributed by atoms with E-state index in [1.54, 1.807) is 23.1 Å². The number of hydrogen-bond acceptors (Lipinski definition) is 4. The number of anilines is 1. The summed E-state index contributed by atoms with van der Waals surface area (Å²) in [5.41, 5.74) is 1.85. The molecule has 0 aliphatic carbocycles. The van der Waals surface area contributed by atoms with E-state index in [0.29, 0.717) is 12.8 Å². The number of aromatic nitrogens is 1. The molecule has 22 heavy (non-hydrogen) atoms. The fraction of sp³-hybridized carbons (Fsp3) is 0.176. The van der Waals surface area contributed by atoms with Crippen molar-refractivity contribution in [3.8, 4) is 0 Å². The predicted molar refractivity (Wildman–Crippen MR) is 94.8 cm³/mol. The Morgan fingerprint density at radius 3 is 2.68 bits per heavy atom. The van der Waals surface area contributed by atoms with Gasteiger partial charge in [0.05, 0.1) is 15.2 Å². The molecule has 3 nitrogen and oxygen atoms in total. The van der Waals surface area contributed by atoms with E-state index in [1.807, 2.05) is 48.7 Å². The van der Waals surface area contributed by atoms with Crippen LogP contribution in [0.2, 0.25) is 0 Å². The molecule has 1 heterocycles. The van der Waals surface area contributed by atoms with Crippen LogP contribution in [0, 0.1) is 0 Å². The number of aryl methyl sites for hydroxylation is 1. The molecule has 5 heteroatoms. The summed E-state index contributed by atoms with van der Waals surface area (Å²) < 4.78 is 1.17. The average molecular weight is 328 g/mol. The van der Waals surface area contributed by atoms with Gasteiger partial charge in [-0.25, -0.2) is 4.98 Å². The molecule has 0 unspecified atom stereocenters. The standard InChI is InChI=1S/C17H16N2OS2/c1-21-13-8-6-12(7-9-13)18-16(20)10-11-17-19-14-4-2-3-5-15(14)22-17/h2-9H,10-11H2,1H3,(H,18,20). The van der Waals surface area contributed by atoms with Crippen molar-refractivity contribution < 1.29 is 4.79 Å². The topological polar surface area (TPSA) is 42.0 Å². The molecule has 0 bridgehead atoms. The van der Waals surface area contributed by atoms with E-state index in [1.165, 1.54) is 9.60 Å². The molecule has 1 aromatic heterocycles. The fourth-order valence-corrected chi connectivity index (χ4v) is 3.52. The average Bonchev–Trinajstić information content (AvgIpc) is 2.96. The maximum absolute atomic E-state index is 12.0. The van der Waals surface area contributed by atoms with Crippen LogP contribution in [-0.2, 0) is 11.2 Å². The van der Waals surface area contributed by atoms with E-state index in [0.717, 1.165) is 16.2 Å². The lowest BCUT2D eigenvalue weighted by molar-refractivity contribution is -0.116. The van der Waals surface area contributed by atoms with Crippen LogP contribution in [0.4, 0.5) is 5.69 Å². The molecule has 0 saturated heterocycles. The zero-order chi connectivity index (χ0) is 15.4. The Morgan fingerprint density at radius 1 is 1.18 bits per heavy atom. The van der Waals surface area contributed by atoms with Gasteiger partial charge in [-0.05, 0) is 42.7 Å². The lowest BCUT2D eigenvalue weighted by Gasteiger charge is -2.05. The lowest BCUT2D eigenvalue weighted by atomic mass is 10.2. The van der Waals surface area contributed by atoms with Crippen LogP contribution < -0.4 is 5.32 Å². The van der Waals surface area contributed by atoms with E-state index in [-0.39, 0.29) is 5.91 Å². The molecule has 0 aliphatic rings. The van der Waals surface area contributed by atoms with E-state index in [9.17, 15) is 4.79 Å². The number of hydrogen-bond donors (Lipinski definition) is 1. The summed E-state index contributed by atoms with van der Waals surface area (Å²) in [6.07, 6.45) is 3.16. The van der Waals surface area contributed by atoms with Crippen LogP contribution in [0.3, 0.4) is 0 Å². The molecule has 0 saturated carbocycles. The van der Waals surface area contributed by atoms with E-state index >= 15 is 0 Å². The predicted octanol–water partition coefficient (Wildman–Crippen LogP) is 4.59. The SMILES string of the molecule is CSc1ccc(NC(=O)CCc2nc3ccccc3s2)cc1. The fourth-order valence-electron chi connectivity index (χ4n) is 2.15. The van der Waals surface area contributed by atoms with Gasteiger partial charge in [-0.1, -0.05) is 12.1 Å². The summed E-state index contributed by atoms with van der Waals surface area (Å²) in [5.74, 6) is 0.0242. The van der Waals surface area contributed by atoms with E-state index in [4.69, 9.17) is 0 Å². The van der Waals surface area contributed by atoms with Gasteiger partial charge >= 0.3 is 0 Å². The Kier molecular flexibility index (Phi) is 4.75. The van der Waals surface area contributed by atoms with Crippen molar-refractivity contribution in [1.82, 2.24) is 4.98 Å². The highest BCUT2D eigenvalue weighted by Gasteiger charge is 2.07. The quantitative estimate of drug-likeness (QED) is 0.697. The first-order valence-corrected chi connectivity index (χ1v) is 9.07. The first kappa shape index (κ1) is 15.1. The Bertz CT molecular complexity index is 748. The third kappa shape index (κ3) is 3.67. The molecule has 1 N–H and O–H groups in total. The summed E-state index contributed by atoms with van der Waals surface area (Å²) in [7, 11) is 0. The summed E-state index contributed by atoms with van der Waals surface area (Å²) in [4.78, 5) is 17.8. The van der Waals surface area contributed by atoms with Gasteiger partial charge in [0.1, 0.15) is 0 Å². The van der Waals surface area contributed by atoms with Crippen molar-refractivity contribution in [1.29, 1.82) is 0 Å². The number of carbonyl (C=O) groups excluding carboxylic acids is 1. The minimum atomic E-state index is 0.0242. The van der Waals surface area contributed by atoms with Crippen LogP contribution in [-0.4, -0.2) is 17.1 Å². The van der Waals surface area contributed by atoms with Crippen molar-refractivity contribution in [2.24, 2.45) is 0 Å². The van der Waals surface area contributed by atoms with Crippen molar-refractivity contribution in [2.75, 3.05) is 11.6 Å². The molecule has 112 valence electrons. The zero-order valence-corrected chi connectivity index (χ0v) is 13.8.